The Morgan fingerprint density at radius 2 is 2.00 bits per heavy atom. The van der Waals surface area contributed by atoms with Gasteiger partial charge in [-0.2, -0.15) is 0 Å². The topological polar surface area (TPSA) is 26.0 Å². The van der Waals surface area contributed by atoms with Crippen molar-refractivity contribution < 1.29 is 0 Å². The van der Waals surface area contributed by atoms with Crippen molar-refractivity contribution in [1.29, 1.82) is 0 Å². The van der Waals surface area contributed by atoms with E-state index in [1.807, 2.05) is 0 Å². The van der Waals surface area contributed by atoms with Crippen LogP contribution in [0.3, 0.4) is 0 Å². The summed E-state index contributed by atoms with van der Waals surface area (Å²) in [6.45, 7) is 5.76. The van der Waals surface area contributed by atoms with Gasteiger partial charge in [0.15, 0.2) is 0 Å². The minimum atomic E-state index is 0.701. The summed E-state index contributed by atoms with van der Waals surface area (Å²) in [5.41, 5.74) is 6.45. The minimum absolute atomic E-state index is 0.701. The molecule has 2 saturated carbocycles. The van der Waals surface area contributed by atoms with Crippen LogP contribution < -0.4 is 5.73 Å². The molecule has 1 spiro atoms. The maximum absolute atomic E-state index is 5.75. The molecule has 0 saturated heterocycles. The fraction of sp³-hybridized carbons (Fsp3) is 1.00. The maximum atomic E-state index is 5.75. The number of hydrogen-bond donors (Lipinski definition) is 1. The Morgan fingerprint density at radius 3 is 2.58 bits per heavy atom. The predicted octanol–water partition coefficient (Wildman–Crippen LogP) is 2.41. The van der Waals surface area contributed by atoms with Crippen molar-refractivity contribution in [3.8, 4) is 0 Å². The van der Waals surface area contributed by atoms with Crippen molar-refractivity contribution in [2.45, 2.75) is 39.5 Å². The number of hydrogen-bond acceptors (Lipinski definition) is 1. The van der Waals surface area contributed by atoms with Crippen LogP contribution in [0.5, 0.6) is 0 Å². The summed E-state index contributed by atoms with van der Waals surface area (Å²) < 4.78 is 0. The monoisotopic (exact) mass is 167 g/mol. The molecule has 0 aromatic rings. The highest BCUT2D eigenvalue weighted by Gasteiger charge is 2.57. The van der Waals surface area contributed by atoms with E-state index < -0.39 is 0 Å². The molecule has 4 unspecified atom stereocenters. The van der Waals surface area contributed by atoms with Crippen LogP contribution in [0, 0.1) is 23.2 Å². The van der Waals surface area contributed by atoms with E-state index in [1.54, 1.807) is 0 Å². The third kappa shape index (κ3) is 1.10. The van der Waals surface area contributed by atoms with E-state index in [0.717, 1.165) is 24.3 Å². The van der Waals surface area contributed by atoms with E-state index in [-0.39, 0.29) is 0 Å². The van der Waals surface area contributed by atoms with Crippen molar-refractivity contribution in [3.05, 3.63) is 0 Å². The van der Waals surface area contributed by atoms with Crippen molar-refractivity contribution in [1.82, 2.24) is 0 Å². The van der Waals surface area contributed by atoms with Gasteiger partial charge in [0.2, 0.25) is 0 Å². The van der Waals surface area contributed by atoms with Gasteiger partial charge in [-0.15, -0.1) is 0 Å². The van der Waals surface area contributed by atoms with E-state index in [0.29, 0.717) is 5.41 Å². The maximum Gasteiger partial charge on any atom is -0.00432 e. The molecule has 4 atom stereocenters. The second-order valence-corrected chi connectivity index (χ2v) is 5.16. The molecule has 0 aromatic carbocycles. The Labute approximate surface area is 75.7 Å². The molecule has 1 nitrogen and oxygen atoms in total. The first-order chi connectivity index (χ1) is 5.69. The largest absolute Gasteiger partial charge is 0.330 e. The van der Waals surface area contributed by atoms with Gasteiger partial charge in [-0.1, -0.05) is 20.3 Å². The lowest BCUT2D eigenvalue weighted by Crippen LogP contribution is -2.26. The van der Waals surface area contributed by atoms with Gasteiger partial charge >= 0.3 is 0 Å². The first kappa shape index (κ1) is 8.55. The Balaban J connectivity index is 2.04. The normalized spacial score (nSPS) is 52.8. The molecule has 0 aliphatic heterocycles. The Bertz CT molecular complexity index is 178. The molecule has 0 aromatic heterocycles. The molecule has 0 heterocycles. The van der Waals surface area contributed by atoms with Gasteiger partial charge in [-0.05, 0) is 49.0 Å². The lowest BCUT2D eigenvalue weighted by molar-refractivity contribution is 0.165. The van der Waals surface area contributed by atoms with E-state index in [4.69, 9.17) is 5.73 Å². The Kier molecular flexibility index (Phi) is 1.95. The third-order valence-corrected chi connectivity index (χ3v) is 4.37. The van der Waals surface area contributed by atoms with Gasteiger partial charge in [-0.25, -0.2) is 0 Å². The van der Waals surface area contributed by atoms with Crippen LogP contribution in [0.15, 0.2) is 0 Å². The first-order valence-electron chi connectivity index (χ1n) is 5.39. The van der Waals surface area contributed by atoms with Crippen LogP contribution in [0.25, 0.3) is 0 Å². The molecule has 2 N–H and O–H groups in total. The molecule has 0 amide bonds. The van der Waals surface area contributed by atoms with Gasteiger partial charge in [0.1, 0.15) is 0 Å². The molecule has 1 heteroatoms. The SMILES string of the molecule is CC1CCC(C)C2(C1)CC2CN. The summed E-state index contributed by atoms with van der Waals surface area (Å²) in [4.78, 5) is 0. The zero-order valence-electron chi connectivity index (χ0n) is 8.34. The third-order valence-electron chi connectivity index (χ3n) is 4.37. The Hall–Kier alpha value is -0.0400. The molecule has 2 rings (SSSR count). The summed E-state index contributed by atoms with van der Waals surface area (Å²) >= 11 is 0. The summed E-state index contributed by atoms with van der Waals surface area (Å²) in [5, 5.41) is 0. The number of nitrogens with two attached hydrogens (primary N) is 1. The van der Waals surface area contributed by atoms with E-state index in [9.17, 15) is 0 Å². The average molecular weight is 167 g/mol. The fourth-order valence-corrected chi connectivity index (χ4v) is 3.35. The second-order valence-electron chi connectivity index (χ2n) is 5.16. The number of rotatable bonds is 1. The van der Waals surface area contributed by atoms with Crippen LogP contribution in [-0.2, 0) is 0 Å². The van der Waals surface area contributed by atoms with Gasteiger partial charge in [-0.3, -0.25) is 0 Å². The summed E-state index contributed by atoms with van der Waals surface area (Å²) in [6.07, 6.45) is 5.77. The zero-order chi connectivity index (χ0) is 8.77. The molecule has 2 aliphatic rings. The van der Waals surface area contributed by atoms with Crippen molar-refractivity contribution >= 4 is 0 Å². The van der Waals surface area contributed by atoms with Crippen LogP contribution >= 0.6 is 0 Å². The lowest BCUT2D eigenvalue weighted by atomic mass is 9.71. The average Bonchev–Trinajstić information content (AvgIpc) is 2.73. The highest BCUT2D eigenvalue weighted by molar-refractivity contribution is 5.07. The first-order valence-corrected chi connectivity index (χ1v) is 5.39. The summed E-state index contributed by atoms with van der Waals surface area (Å²) in [5.74, 6) is 2.77. The standard InChI is InChI=1S/C11H21N/c1-8-3-4-9(2)11(5-8)6-10(11)7-12/h8-10H,3-7,12H2,1-2H3. The highest BCUT2D eigenvalue weighted by atomic mass is 14.7. The van der Waals surface area contributed by atoms with Gasteiger partial charge < -0.3 is 5.73 Å². The highest BCUT2D eigenvalue weighted by Crippen LogP contribution is 2.64. The smallest absolute Gasteiger partial charge is 0.00432 e. The molecule has 2 fully saturated rings. The quantitative estimate of drug-likeness (QED) is 0.637. The molecule has 70 valence electrons. The molecule has 2 aliphatic carbocycles. The van der Waals surface area contributed by atoms with E-state index in [2.05, 4.69) is 13.8 Å². The van der Waals surface area contributed by atoms with Crippen LogP contribution in [-0.4, -0.2) is 6.54 Å². The Morgan fingerprint density at radius 1 is 1.25 bits per heavy atom. The van der Waals surface area contributed by atoms with Gasteiger partial charge in [0.25, 0.3) is 0 Å². The fourth-order valence-electron chi connectivity index (χ4n) is 3.35. The van der Waals surface area contributed by atoms with Crippen LogP contribution in [0.4, 0.5) is 0 Å². The van der Waals surface area contributed by atoms with Crippen molar-refractivity contribution in [2.75, 3.05) is 6.54 Å². The molecular formula is C11H21N. The summed E-state index contributed by atoms with van der Waals surface area (Å²) in [6, 6.07) is 0. The van der Waals surface area contributed by atoms with Gasteiger partial charge in [0, 0.05) is 0 Å². The van der Waals surface area contributed by atoms with Crippen molar-refractivity contribution in [2.24, 2.45) is 28.9 Å². The van der Waals surface area contributed by atoms with Gasteiger partial charge in [0.05, 0.1) is 0 Å². The lowest BCUT2D eigenvalue weighted by Gasteiger charge is -2.34. The second kappa shape index (κ2) is 2.73. The van der Waals surface area contributed by atoms with Crippen LogP contribution in [0.1, 0.15) is 39.5 Å². The molecule has 12 heavy (non-hydrogen) atoms. The van der Waals surface area contributed by atoms with E-state index >= 15 is 0 Å². The minimum Gasteiger partial charge on any atom is -0.330 e. The molecule has 0 bridgehead atoms. The molecular weight excluding hydrogens is 146 g/mol. The summed E-state index contributed by atoms with van der Waals surface area (Å²) in [7, 11) is 0. The van der Waals surface area contributed by atoms with Crippen LogP contribution in [0.2, 0.25) is 0 Å². The van der Waals surface area contributed by atoms with Crippen molar-refractivity contribution in [3.63, 3.8) is 0 Å². The van der Waals surface area contributed by atoms with E-state index in [1.165, 1.54) is 25.7 Å². The molecule has 0 radical (unpaired) electrons. The zero-order valence-corrected chi connectivity index (χ0v) is 8.34. The predicted molar refractivity (Wildman–Crippen MR) is 51.8 cm³/mol.